The van der Waals surface area contributed by atoms with E-state index in [9.17, 15) is 36.0 Å². The summed E-state index contributed by atoms with van der Waals surface area (Å²) in [6, 6.07) is 0. The summed E-state index contributed by atoms with van der Waals surface area (Å²) in [6.45, 7) is 8.46. The Hall–Kier alpha value is -2.90. The molecule has 6 aliphatic rings. The highest BCUT2D eigenvalue weighted by atomic mass is 32.2. The van der Waals surface area contributed by atoms with Crippen LogP contribution in [0.15, 0.2) is 24.8 Å². The van der Waals surface area contributed by atoms with Gasteiger partial charge in [0.2, 0.25) is 0 Å². The molecule has 0 aromatic carbocycles. The molecule has 6 heterocycles. The van der Waals surface area contributed by atoms with Gasteiger partial charge in [-0.1, -0.05) is 13.2 Å². The number of esters is 4. The minimum atomic E-state index is -3.85. The maximum absolute atomic E-state index is 12.0. The lowest BCUT2D eigenvalue weighted by atomic mass is 9.84. The van der Waals surface area contributed by atoms with Crippen LogP contribution < -0.4 is 0 Å². The number of ether oxygens (including phenoxy) is 6. The summed E-state index contributed by atoms with van der Waals surface area (Å²) < 4.78 is 88.1. The fraction of sp³-hybridized carbons (Fsp3) is 0.667. The summed E-state index contributed by atoms with van der Waals surface area (Å²) in [7, 11) is -7.64. The monoisotopic (exact) mass is 636 g/mol. The number of rotatable bonds is 8. The van der Waals surface area contributed by atoms with Crippen LogP contribution in [0.3, 0.4) is 0 Å². The molecule has 0 aromatic rings. The Labute approximate surface area is 240 Å². The van der Waals surface area contributed by atoms with Crippen molar-refractivity contribution < 1.29 is 72.8 Å². The van der Waals surface area contributed by atoms with E-state index >= 15 is 0 Å². The fourth-order valence-corrected chi connectivity index (χ4v) is 9.78. The third kappa shape index (κ3) is 5.35. The Balaban J connectivity index is 0.000000168. The first-order chi connectivity index (χ1) is 19.6. The summed E-state index contributed by atoms with van der Waals surface area (Å²) in [6.07, 6.45) is -2.99. The first-order valence-corrected chi connectivity index (χ1v) is 15.7. The minimum absolute atomic E-state index is 0.153. The number of carbonyl (C=O) groups excluding carboxylic acids is 4. The summed E-state index contributed by atoms with van der Waals surface area (Å²) >= 11 is 0. The second kappa shape index (κ2) is 10.7. The molecule has 6 aliphatic heterocycles. The molecule has 6 rings (SSSR count). The van der Waals surface area contributed by atoms with Crippen molar-refractivity contribution in [3.63, 3.8) is 0 Å². The van der Waals surface area contributed by atoms with Gasteiger partial charge in [0, 0.05) is 24.5 Å². The summed E-state index contributed by atoms with van der Waals surface area (Å²) in [5, 5.41) is -2.03. The Morgan fingerprint density at radius 1 is 0.905 bits per heavy atom. The Morgan fingerprint density at radius 3 is 2.14 bits per heavy atom. The average molecular weight is 637 g/mol. The van der Waals surface area contributed by atoms with Gasteiger partial charge in [-0.15, -0.1) is 0 Å². The molecule has 18 heteroatoms. The van der Waals surface area contributed by atoms with E-state index in [2.05, 4.69) is 22.6 Å². The van der Waals surface area contributed by atoms with Crippen LogP contribution in [0.2, 0.25) is 0 Å². The van der Waals surface area contributed by atoms with Gasteiger partial charge >= 0.3 is 23.9 Å². The topological polar surface area (TPSA) is 210 Å². The van der Waals surface area contributed by atoms with Crippen molar-refractivity contribution in [3.05, 3.63) is 24.8 Å². The SMILES string of the molecule is C=C(C)C(=O)OCC(=O)OC1C2CC3OS(=O)(=O)C1C3O2.C=CC(=O)OCC(=O)OC1C2CC3(C)OS(=O)(=O)C1C3O2. The first-order valence-electron chi connectivity index (χ1n) is 12.7. The van der Waals surface area contributed by atoms with Gasteiger partial charge in [0.25, 0.3) is 20.2 Å². The van der Waals surface area contributed by atoms with Gasteiger partial charge in [0.15, 0.2) is 23.7 Å². The van der Waals surface area contributed by atoms with Crippen LogP contribution >= 0.6 is 0 Å². The van der Waals surface area contributed by atoms with Gasteiger partial charge < -0.3 is 28.4 Å². The predicted octanol–water partition coefficient (Wildman–Crippen LogP) is -1.43. The molecule has 232 valence electrons. The molecular weight excluding hydrogens is 608 g/mol. The summed E-state index contributed by atoms with van der Waals surface area (Å²) in [5.41, 5.74) is -0.729. The smallest absolute Gasteiger partial charge is 0.344 e. The van der Waals surface area contributed by atoms with Gasteiger partial charge in [0.05, 0.1) is 12.2 Å². The zero-order valence-corrected chi connectivity index (χ0v) is 24.0. The fourth-order valence-electron chi connectivity index (χ4n) is 5.98. The normalized spacial score (nSPS) is 40.0. The van der Waals surface area contributed by atoms with Gasteiger partial charge in [-0.05, 0) is 13.8 Å². The van der Waals surface area contributed by atoms with Crippen molar-refractivity contribution in [2.45, 2.75) is 85.5 Å². The van der Waals surface area contributed by atoms with Crippen LogP contribution in [0, 0.1) is 0 Å². The Morgan fingerprint density at radius 2 is 1.52 bits per heavy atom. The number of hydrogen-bond donors (Lipinski definition) is 0. The lowest BCUT2D eigenvalue weighted by Crippen LogP contribution is -2.47. The zero-order valence-electron chi connectivity index (χ0n) is 22.4. The molecule has 0 amide bonds. The molecule has 0 aromatic heterocycles. The lowest BCUT2D eigenvalue weighted by Gasteiger charge is -2.25. The zero-order chi connectivity index (χ0) is 30.8. The molecule has 10 atom stereocenters. The van der Waals surface area contributed by atoms with E-state index in [4.69, 9.17) is 27.3 Å². The quantitative estimate of drug-likeness (QED) is 0.129. The lowest BCUT2D eigenvalue weighted by molar-refractivity contribution is -0.162. The molecular formula is C24H28O16S2. The third-order valence-corrected chi connectivity index (χ3v) is 11.1. The van der Waals surface area contributed by atoms with E-state index in [1.165, 1.54) is 6.92 Å². The largest absolute Gasteiger partial charge is 0.455 e. The second-order valence-corrected chi connectivity index (χ2v) is 14.1. The molecule has 0 N–H and O–H groups in total. The minimum Gasteiger partial charge on any atom is -0.455 e. The van der Waals surface area contributed by atoms with E-state index in [1.807, 2.05) is 0 Å². The maximum Gasteiger partial charge on any atom is 0.344 e. The molecule has 6 fully saturated rings. The van der Waals surface area contributed by atoms with E-state index in [0.717, 1.165) is 6.08 Å². The van der Waals surface area contributed by atoms with Gasteiger partial charge in [0.1, 0.15) is 36.1 Å². The molecule has 16 nitrogen and oxygen atoms in total. The van der Waals surface area contributed by atoms with Crippen LogP contribution in [-0.2, 0) is 76.2 Å². The van der Waals surface area contributed by atoms with E-state index in [0.29, 0.717) is 12.8 Å². The number of carbonyl (C=O) groups is 4. The highest BCUT2D eigenvalue weighted by Crippen LogP contribution is 2.54. The van der Waals surface area contributed by atoms with Crippen molar-refractivity contribution >= 4 is 44.1 Å². The van der Waals surface area contributed by atoms with E-state index in [-0.39, 0.29) is 5.57 Å². The van der Waals surface area contributed by atoms with Gasteiger partial charge in [-0.3, -0.25) is 8.37 Å². The number of hydrogen-bond acceptors (Lipinski definition) is 16. The van der Waals surface area contributed by atoms with Crippen molar-refractivity contribution in [2.24, 2.45) is 0 Å². The van der Waals surface area contributed by atoms with Crippen LogP contribution in [0.5, 0.6) is 0 Å². The second-order valence-electron chi connectivity index (χ2n) is 10.7. The third-order valence-electron chi connectivity index (χ3n) is 7.63. The van der Waals surface area contributed by atoms with Crippen molar-refractivity contribution in [1.82, 2.24) is 0 Å². The van der Waals surface area contributed by atoms with Crippen LogP contribution in [0.1, 0.15) is 26.7 Å². The van der Waals surface area contributed by atoms with Crippen LogP contribution in [-0.4, -0.2) is 113 Å². The average Bonchev–Trinajstić information content (AvgIpc) is 3.67. The van der Waals surface area contributed by atoms with Crippen LogP contribution in [0.25, 0.3) is 0 Å². The highest BCUT2D eigenvalue weighted by molar-refractivity contribution is 7.88. The molecule has 10 unspecified atom stereocenters. The molecule has 0 spiro atoms. The number of fused-ring (bicyclic) bond motifs is 2. The van der Waals surface area contributed by atoms with Crippen molar-refractivity contribution in [2.75, 3.05) is 13.2 Å². The standard InChI is InChI=1S/2C12H14O8S/c1-5(2)12(14)17-4-8(13)19-9-6-3-7-10(18-6)11(9)21(15,16)20-7;1-3-7(13)17-5-8(14)19-9-6-4-12(2)11(18-6)10(9)21(15,16)20-12/h6-7,9-11H,1,3-4H2,2H3;3,6,9-11H,1,4-5H2,2H3. The van der Waals surface area contributed by atoms with Gasteiger partial charge in [-0.2, -0.15) is 16.8 Å². The molecule has 4 bridgehead atoms. The van der Waals surface area contributed by atoms with Gasteiger partial charge in [-0.25, -0.2) is 19.2 Å². The Bertz CT molecular complexity index is 1430. The molecule has 0 aliphatic carbocycles. The first kappa shape index (κ1) is 30.6. The Kier molecular flexibility index (Phi) is 7.76. The van der Waals surface area contributed by atoms with Crippen LogP contribution in [0.4, 0.5) is 0 Å². The molecule has 0 radical (unpaired) electrons. The summed E-state index contributed by atoms with van der Waals surface area (Å²) in [4.78, 5) is 45.3. The predicted molar refractivity (Wildman–Crippen MR) is 133 cm³/mol. The highest BCUT2D eigenvalue weighted by Gasteiger charge is 2.73. The molecule has 42 heavy (non-hydrogen) atoms. The van der Waals surface area contributed by atoms with Crippen molar-refractivity contribution in [3.8, 4) is 0 Å². The van der Waals surface area contributed by atoms with E-state index < -0.39 is 116 Å². The van der Waals surface area contributed by atoms with E-state index in [1.54, 1.807) is 6.92 Å². The summed E-state index contributed by atoms with van der Waals surface area (Å²) in [5.74, 6) is -3.15. The van der Waals surface area contributed by atoms with Crippen molar-refractivity contribution in [1.29, 1.82) is 0 Å². The molecule has 0 saturated carbocycles. The maximum atomic E-state index is 12.0. The molecule has 6 saturated heterocycles.